The predicted octanol–water partition coefficient (Wildman–Crippen LogP) is 6.80. The number of hydrogen-bond donors (Lipinski definition) is 3. The van der Waals surface area contributed by atoms with E-state index < -0.39 is 52.3 Å². The first-order valence-electron chi connectivity index (χ1n) is 19.0. The van der Waals surface area contributed by atoms with Crippen molar-refractivity contribution in [3.63, 3.8) is 0 Å². The monoisotopic (exact) mass is 833 g/mol. The van der Waals surface area contributed by atoms with E-state index in [1.165, 1.54) is 10.9 Å². The van der Waals surface area contributed by atoms with E-state index >= 15 is 0 Å². The summed E-state index contributed by atoms with van der Waals surface area (Å²) in [4.78, 5) is 47.8. The van der Waals surface area contributed by atoms with Crippen LogP contribution < -0.4 is 20.3 Å². The number of carbonyl (C=O) groups is 1. The van der Waals surface area contributed by atoms with Crippen LogP contribution in [0.25, 0.3) is 11.2 Å². The Labute approximate surface area is 339 Å². The summed E-state index contributed by atoms with van der Waals surface area (Å²) in [6, 6.07) is 24.8. The summed E-state index contributed by atoms with van der Waals surface area (Å²) in [6.45, 7) is 13.6. The van der Waals surface area contributed by atoms with E-state index in [2.05, 4.69) is 54.1 Å². The van der Waals surface area contributed by atoms with Gasteiger partial charge in [-0.25, -0.2) is 4.98 Å². The van der Waals surface area contributed by atoms with E-state index in [0.29, 0.717) is 11.5 Å². The van der Waals surface area contributed by atoms with Gasteiger partial charge < -0.3 is 32.8 Å². The Morgan fingerprint density at radius 1 is 0.948 bits per heavy atom. The molecule has 1 aliphatic heterocycles. The van der Waals surface area contributed by atoms with Crippen molar-refractivity contribution in [3.8, 4) is 11.5 Å². The van der Waals surface area contributed by atoms with Crippen LogP contribution in [-0.2, 0) is 33.4 Å². The average molecular weight is 834 g/mol. The number of rotatable bonds is 15. The van der Waals surface area contributed by atoms with Gasteiger partial charge in [0.05, 0.1) is 27.2 Å². The lowest BCUT2D eigenvalue weighted by molar-refractivity contribution is -0.118. The molecule has 3 heterocycles. The number of benzene rings is 3. The van der Waals surface area contributed by atoms with E-state index in [1.54, 1.807) is 28.1 Å². The normalized spacial score (nSPS) is 19.4. The quantitative estimate of drug-likeness (QED) is 0.0571. The molecule has 3 N–H and O–H groups in total. The first-order chi connectivity index (χ1) is 27.5. The fraction of sp³-hybridized carbons (Fsp3) is 0.415. The van der Waals surface area contributed by atoms with Crippen LogP contribution in [0.4, 0.5) is 5.95 Å². The molecule has 5 atom stereocenters. The van der Waals surface area contributed by atoms with Gasteiger partial charge in [0.25, 0.3) is 5.56 Å². The summed E-state index contributed by atoms with van der Waals surface area (Å²) in [5, 5.41) is 2.35. The van der Waals surface area contributed by atoms with Crippen molar-refractivity contribution in [2.24, 2.45) is 5.92 Å². The van der Waals surface area contributed by atoms with Crippen LogP contribution in [-0.4, -0.2) is 77.8 Å². The number of nitrogens with one attached hydrogen (secondary N) is 2. The number of H-pyrrole nitrogens is 1. The maximum atomic E-state index is 13.3. The lowest BCUT2D eigenvalue weighted by atomic mass is 9.80. The van der Waals surface area contributed by atoms with Gasteiger partial charge in [-0.3, -0.25) is 29.0 Å². The molecule has 3 aromatic carbocycles. The number of methoxy groups -OCH3 is 2. The van der Waals surface area contributed by atoms with E-state index in [-0.39, 0.29) is 40.6 Å². The minimum atomic E-state index is -3.58. The molecule has 3 unspecified atom stereocenters. The second-order valence-electron chi connectivity index (χ2n) is 16.0. The topological polar surface area (TPSA) is 185 Å². The molecule has 17 heteroatoms. The third-order valence-corrected chi connectivity index (χ3v) is 15.8. The van der Waals surface area contributed by atoms with Crippen molar-refractivity contribution in [2.75, 3.05) is 26.1 Å². The Morgan fingerprint density at radius 3 is 2.03 bits per heavy atom. The van der Waals surface area contributed by atoms with Gasteiger partial charge in [-0.15, -0.1) is 0 Å². The van der Waals surface area contributed by atoms with Gasteiger partial charge in [0, 0.05) is 5.92 Å². The second kappa shape index (κ2) is 17.3. The zero-order valence-corrected chi connectivity index (χ0v) is 36.1. The lowest BCUT2D eigenvalue weighted by Gasteiger charge is -2.40. The zero-order valence-electron chi connectivity index (χ0n) is 34.1. The molecular weight excluding hydrogens is 782 g/mol. The highest BCUT2D eigenvalue weighted by atomic mass is 31.1. The summed E-state index contributed by atoms with van der Waals surface area (Å²) >= 11 is 0. The third-order valence-electron chi connectivity index (χ3n) is 10.9. The molecule has 15 nitrogen and oxygen atoms in total. The van der Waals surface area contributed by atoms with Gasteiger partial charge in [-0.1, -0.05) is 89.2 Å². The molecule has 1 amide bonds. The van der Waals surface area contributed by atoms with E-state index in [0.717, 1.165) is 16.7 Å². The number of hydrogen-bond acceptors (Lipinski definition) is 11. The molecule has 58 heavy (non-hydrogen) atoms. The molecule has 0 bridgehead atoms. The molecule has 6 rings (SSSR count). The van der Waals surface area contributed by atoms with E-state index in [1.807, 2.05) is 78.9 Å². The van der Waals surface area contributed by atoms with Gasteiger partial charge in [-0.05, 0) is 59.1 Å². The Balaban J connectivity index is 1.50. The predicted molar refractivity (Wildman–Crippen MR) is 222 cm³/mol. The van der Waals surface area contributed by atoms with Gasteiger partial charge in [0.2, 0.25) is 11.9 Å². The van der Waals surface area contributed by atoms with Crippen molar-refractivity contribution in [2.45, 2.75) is 82.9 Å². The molecule has 1 saturated heterocycles. The molecule has 0 saturated carbocycles. The highest BCUT2D eigenvalue weighted by Gasteiger charge is 2.53. The summed E-state index contributed by atoms with van der Waals surface area (Å²) in [5.74, 6) is 0.505. The standard InChI is InChI=1S/C41H52N5O10PSi/c1-25(2)36(47)44-39-43-35-32(37(48)45-39)42-24-46(35)38-34(56-58(8,9)40(3,4)5)33(55-57(49)50)31(54-38)23-53-41(26-13-11-10-12-14-26,27-15-19-29(51-6)20-16-27)28-17-21-30(52-7)22-18-28/h10-22,24-25,31,33-34,38,57H,23H2,1-9H3,(H,49,50)(H2,43,44,45,47,48)/t31-,33?,34?,38-/m1/s1. The molecule has 0 aliphatic carbocycles. The highest BCUT2D eigenvalue weighted by molar-refractivity contribution is 7.32. The van der Waals surface area contributed by atoms with Crippen LogP contribution in [0, 0.1) is 5.92 Å². The maximum absolute atomic E-state index is 13.3. The number of aromatic nitrogens is 4. The van der Waals surface area contributed by atoms with Crippen molar-refractivity contribution in [1.29, 1.82) is 0 Å². The van der Waals surface area contributed by atoms with Crippen molar-refractivity contribution in [1.82, 2.24) is 19.5 Å². The van der Waals surface area contributed by atoms with Crippen LogP contribution in [0.1, 0.15) is 57.5 Å². The minimum Gasteiger partial charge on any atom is -0.497 e. The fourth-order valence-corrected chi connectivity index (χ4v) is 8.48. The van der Waals surface area contributed by atoms with Crippen molar-refractivity contribution in [3.05, 3.63) is 112 Å². The Bertz CT molecular complexity index is 2230. The first-order valence-corrected chi connectivity index (χ1v) is 23.2. The van der Waals surface area contributed by atoms with Crippen LogP contribution in [0.3, 0.4) is 0 Å². The molecule has 310 valence electrons. The van der Waals surface area contributed by atoms with Gasteiger partial charge in [-0.2, -0.15) is 4.98 Å². The molecular formula is C41H52N5O10PSi. The first kappa shape index (κ1) is 42.9. The maximum Gasteiger partial charge on any atom is 0.317 e. The van der Waals surface area contributed by atoms with Crippen molar-refractivity contribution >= 4 is 39.6 Å². The number of amides is 1. The molecule has 0 spiro atoms. The Hall–Kier alpha value is -4.67. The van der Waals surface area contributed by atoms with Crippen LogP contribution >= 0.6 is 8.25 Å². The zero-order chi connectivity index (χ0) is 42.0. The minimum absolute atomic E-state index is 0.00719. The number of fused-ring (bicyclic) bond motifs is 1. The van der Waals surface area contributed by atoms with Crippen LogP contribution in [0.5, 0.6) is 11.5 Å². The van der Waals surface area contributed by atoms with Crippen molar-refractivity contribution < 1.29 is 42.2 Å². The fourth-order valence-electron chi connectivity index (χ4n) is 6.68. The number of carbonyl (C=O) groups excluding carboxylic acids is 1. The second-order valence-corrected chi connectivity index (χ2v) is 21.5. The number of aromatic amines is 1. The molecule has 1 fully saturated rings. The number of anilines is 1. The van der Waals surface area contributed by atoms with Gasteiger partial charge in [0.1, 0.15) is 35.4 Å². The summed E-state index contributed by atoms with van der Waals surface area (Å²) in [6.07, 6.45) is -2.83. The summed E-state index contributed by atoms with van der Waals surface area (Å²) < 4.78 is 52.2. The molecule has 5 aromatic rings. The third kappa shape index (κ3) is 8.69. The smallest absolute Gasteiger partial charge is 0.317 e. The Kier molecular flexibility index (Phi) is 12.8. The van der Waals surface area contributed by atoms with Gasteiger partial charge >= 0.3 is 8.25 Å². The Morgan fingerprint density at radius 2 is 1.52 bits per heavy atom. The average Bonchev–Trinajstić information content (AvgIpc) is 3.76. The molecule has 2 aromatic heterocycles. The summed E-state index contributed by atoms with van der Waals surface area (Å²) in [5.41, 5.74) is 0.579. The summed E-state index contributed by atoms with van der Waals surface area (Å²) in [7, 11) is -3.07. The molecule has 0 radical (unpaired) electrons. The van der Waals surface area contributed by atoms with Crippen LogP contribution in [0.15, 0.2) is 90.0 Å². The number of ether oxygens (including phenoxy) is 4. The number of nitrogens with zero attached hydrogens (tertiary/aromatic N) is 3. The largest absolute Gasteiger partial charge is 0.497 e. The SMILES string of the molecule is COc1ccc(C(OC[C@H]2O[C@@H](n3cnc4c(=O)[nH]c(NC(=O)C(C)C)nc43)C(O[Si](C)(C)C(C)(C)C)C2O[PH](=O)O)(c2ccccc2)c2ccc(OC)cc2)cc1. The van der Waals surface area contributed by atoms with Gasteiger partial charge in [0.15, 0.2) is 25.7 Å². The van der Waals surface area contributed by atoms with Crippen LogP contribution in [0.2, 0.25) is 18.1 Å². The highest BCUT2D eigenvalue weighted by Crippen LogP contribution is 2.47. The number of imidazole rings is 1. The van der Waals surface area contributed by atoms with E-state index in [4.69, 9.17) is 27.9 Å². The lowest BCUT2D eigenvalue weighted by Crippen LogP contribution is -2.49. The van der Waals surface area contributed by atoms with E-state index in [9.17, 15) is 19.0 Å². The molecule has 1 aliphatic rings.